The van der Waals surface area contributed by atoms with Gasteiger partial charge in [-0.2, -0.15) is 0 Å². The van der Waals surface area contributed by atoms with Crippen LogP contribution in [0.1, 0.15) is 17.5 Å². The standard InChI is InChI=1S/C26H25BN2O5/c30-25(28-16-18-7-6-10-20(13-18)19-8-2-1-3-9-19)15-26(31)29-24(27(32)33)14-21-17-34-23-12-5-4-11-22(21)23/h1-13,17,24,32-33H,14-16H2,(H,28,30)(H,29,31). The van der Waals surface area contributed by atoms with Crippen LogP contribution in [0.2, 0.25) is 0 Å². The molecule has 1 heterocycles. The number of carbonyl (C=O) groups excluding carboxylic acids is 2. The zero-order valence-corrected chi connectivity index (χ0v) is 18.5. The van der Waals surface area contributed by atoms with E-state index < -0.39 is 31.3 Å². The fourth-order valence-electron chi connectivity index (χ4n) is 3.82. The number of benzene rings is 3. The van der Waals surface area contributed by atoms with Gasteiger partial charge in [-0.05, 0) is 40.8 Å². The highest BCUT2D eigenvalue weighted by Gasteiger charge is 2.27. The predicted molar refractivity (Wildman–Crippen MR) is 130 cm³/mol. The summed E-state index contributed by atoms with van der Waals surface area (Å²) in [5, 5.41) is 25.6. The average molecular weight is 456 g/mol. The number of amides is 2. The van der Waals surface area contributed by atoms with Gasteiger partial charge in [0, 0.05) is 11.9 Å². The highest BCUT2D eigenvalue weighted by molar-refractivity contribution is 6.43. The third-order valence-corrected chi connectivity index (χ3v) is 5.55. The third-order valence-electron chi connectivity index (χ3n) is 5.55. The lowest BCUT2D eigenvalue weighted by Crippen LogP contribution is -2.48. The number of hydrogen-bond donors (Lipinski definition) is 4. The first-order chi connectivity index (χ1) is 16.5. The molecule has 172 valence electrons. The molecule has 1 atom stereocenters. The van der Waals surface area contributed by atoms with Crippen molar-refractivity contribution >= 4 is 29.9 Å². The molecule has 4 rings (SSSR count). The summed E-state index contributed by atoms with van der Waals surface area (Å²) in [6.45, 7) is 0.278. The van der Waals surface area contributed by atoms with E-state index in [2.05, 4.69) is 10.6 Å². The smallest absolute Gasteiger partial charge is 0.464 e. The predicted octanol–water partition coefficient (Wildman–Crippen LogP) is 2.85. The Morgan fingerprint density at radius 2 is 1.62 bits per heavy atom. The molecule has 1 unspecified atom stereocenters. The Bertz CT molecular complexity index is 1270. The van der Waals surface area contributed by atoms with Crippen molar-refractivity contribution in [2.45, 2.75) is 25.3 Å². The number of furan rings is 1. The SMILES string of the molecule is O=C(CC(=O)NC(Cc1coc2ccccc12)B(O)O)NCc1cccc(-c2ccccc2)c1. The molecule has 34 heavy (non-hydrogen) atoms. The van der Waals surface area contributed by atoms with Gasteiger partial charge in [0.25, 0.3) is 0 Å². The number of hydrogen-bond acceptors (Lipinski definition) is 5. The second-order valence-corrected chi connectivity index (χ2v) is 8.07. The van der Waals surface area contributed by atoms with E-state index in [1.807, 2.05) is 78.9 Å². The minimum atomic E-state index is -1.79. The van der Waals surface area contributed by atoms with Crippen molar-refractivity contribution in [2.75, 3.05) is 0 Å². The average Bonchev–Trinajstić information content (AvgIpc) is 3.26. The number of rotatable bonds is 9. The Hall–Kier alpha value is -3.88. The third kappa shape index (κ3) is 5.92. The first-order valence-corrected chi connectivity index (χ1v) is 11.0. The Balaban J connectivity index is 1.31. The van der Waals surface area contributed by atoms with E-state index in [1.165, 1.54) is 6.26 Å². The lowest BCUT2D eigenvalue weighted by atomic mass is 9.76. The number of nitrogens with one attached hydrogen (secondary N) is 2. The van der Waals surface area contributed by atoms with Crippen molar-refractivity contribution in [3.8, 4) is 11.1 Å². The molecule has 4 aromatic rings. The molecule has 7 nitrogen and oxygen atoms in total. The zero-order valence-electron chi connectivity index (χ0n) is 18.5. The molecular weight excluding hydrogens is 431 g/mol. The largest absolute Gasteiger partial charge is 0.475 e. The van der Waals surface area contributed by atoms with Gasteiger partial charge in [-0.3, -0.25) is 9.59 Å². The van der Waals surface area contributed by atoms with Crippen molar-refractivity contribution in [3.05, 3.63) is 96.3 Å². The quantitative estimate of drug-likeness (QED) is 0.229. The van der Waals surface area contributed by atoms with Crippen molar-refractivity contribution in [3.63, 3.8) is 0 Å². The van der Waals surface area contributed by atoms with Crippen LogP contribution < -0.4 is 10.6 Å². The van der Waals surface area contributed by atoms with E-state index in [-0.39, 0.29) is 13.0 Å². The molecule has 0 radical (unpaired) electrons. The van der Waals surface area contributed by atoms with Crippen molar-refractivity contribution < 1.29 is 24.1 Å². The van der Waals surface area contributed by atoms with Crippen LogP contribution >= 0.6 is 0 Å². The van der Waals surface area contributed by atoms with E-state index in [9.17, 15) is 19.6 Å². The summed E-state index contributed by atoms with van der Waals surface area (Å²) in [4.78, 5) is 24.7. The lowest BCUT2D eigenvalue weighted by Gasteiger charge is -2.17. The summed E-state index contributed by atoms with van der Waals surface area (Å²) in [5.74, 6) is -2.03. The van der Waals surface area contributed by atoms with Gasteiger partial charge in [0.1, 0.15) is 12.0 Å². The van der Waals surface area contributed by atoms with Gasteiger partial charge in [0.2, 0.25) is 11.8 Å². The fraction of sp³-hybridized carbons (Fsp3) is 0.154. The maximum Gasteiger partial charge on any atom is 0.475 e. The van der Waals surface area contributed by atoms with Crippen LogP contribution in [0.4, 0.5) is 0 Å². The van der Waals surface area contributed by atoms with Crippen molar-refractivity contribution in [1.82, 2.24) is 10.6 Å². The molecule has 0 aliphatic rings. The summed E-state index contributed by atoms with van der Waals surface area (Å²) in [7, 11) is -1.79. The molecule has 2 amide bonds. The Morgan fingerprint density at radius 3 is 2.41 bits per heavy atom. The van der Waals surface area contributed by atoms with Crippen molar-refractivity contribution in [2.24, 2.45) is 0 Å². The molecule has 4 N–H and O–H groups in total. The number of carbonyl (C=O) groups is 2. The van der Waals surface area contributed by atoms with Gasteiger partial charge >= 0.3 is 7.12 Å². The Labute approximate surface area is 197 Å². The molecule has 0 saturated carbocycles. The van der Waals surface area contributed by atoms with Crippen LogP contribution in [0.25, 0.3) is 22.1 Å². The van der Waals surface area contributed by atoms with E-state index in [1.54, 1.807) is 0 Å². The van der Waals surface area contributed by atoms with Crippen LogP contribution in [0.15, 0.2) is 89.5 Å². The normalized spacial score (nSPS) is 11.7. The van der Waals surface area contributed by atoms with E-state index in [0.717, 1.165) is 27.6 Å². The number of para-hydroxylation sites is 1. The van der Waals surface area contributed by atoms with E-state index >= 15 is 0 Å². The molecular formula is C26H25BN2O5. The maximum absolute atomic E-state index is 12.4. The van der Waals surface area contributed by atoms with Crippen LogP contribution in [0, 0.1) is 0 Å². The van der Waals surface area contributed by atoms with Crippen LogP contribution in [-0.2, 0) is 22.6 Å². The highest BCUT2D eigenvalue weighted by atomic mass is 16.4. The molecule has 3 aromatic carbocycles. The van der Waals surface area contributed by atoms with Crippen LogP contribution in [0.5, 0.6) is 0 Å². The fourth-order valence-corrected chi connectivity index (χ4v) is 3.82. The molecule has 8 heteroatoms. The first kappa shape index (κ1) is 23.3. The minimum absolute atomic E-state index is 0.147. The van der Waals surface area contributed by atoms with Gasteiger partial charge in [0.05, 0.1) is 12.2 Å². The molecule has 1 aromatic heterocycles. The lowest BCUT2D eigenvalue weighted by molar-refractivity contribution is -0.129. The summed E-state index contributed by atoms with van der Waals surface area (Å²) in [6.07, 6.45) is 1.25. The second kappa shape index (κ2) is 10.8. The van der Waals surface area contributed by atoms with Crippen molar-refractivity contribution in [1.29, 1.82) is 0 Å². The first-order valence-electron chi connectivity index (χ1n) is 11.0. The van der Waals surface area contributed by atoms with Crippen LogP contribution in [-0.4, -0.2) is 34.9 Å². The molecule has 0 fully saturated rings. The summed E-state index contributed by atoms with van der Waals surface area (Å²) >= 11 is 0. The monoisotopic (exact) mass is 456 g/mol. The second-order valence-electron chi connectivity index (χ2n) is 8.07. The van der Waals surface area contributed by atoms with E-state index in [4.69, 9.17) is 4.42 Å². The summed E-state index contributed by atoms with van der Waals surface area (Å²) in [6, 6.07) is 25.1. The maximum atomic E-state index is 12.4. The topological polar surface area (TPSA) is 112 Å². The highest BCUT2D eigenvalue weighted by Crippen LogP contribution is 2.22. The van der Waals surface area contributed by atoms with Gasteiger partial charge < -0.3 is 25.1 Å². The number of fused-ring (bicyclic) bond motifs is 1. The Kier molecular flexibility index (Phi) is 7.42. The van der Waals surface area contributed by atoms with Gasteiger partial charge in [-0.15, -0.1) is 0 Å². The molecule has 0 saturated heterocycles. The molecule has 0 spiro atoms. The summed E-state index contributed by atoms with van der Waals surface area (Å²) < 4.78 is 5.47. The van der Waals surface area contributed by atoms with Gasteiger partial charge in [-0.1, -0.05) is 66.7 Å². The zero-order chi connectivity index (χ0) is 23.9. The van der Waals surface area contributed by atoms with Gasteiger partial charge in [0.15, 0.2) is 0 Å². The summed E-state index contributed by atoms with van der Waals surface area (Å²) in [5.41, 5.74) is 4.43. The van der Waals surface area contributed by atoms with Gasteiger partial charge in [-0.25, -0.2) is 0 Å². The molecule has 0 aliphatic carbocycles. The van der Waals surface area contributed by atoms with Crippen LogP contribution in [0.3, 0.4) is 0 Å². The minimum Gasteiger partial charge on any atom is -0.464 e. The molecule has 0 aliphatic heterocycles. The Morgan fingerprint density at radius 1 is 0.882 bits per heavy atom. The molecule has 0 bridgehead atoms. The van der Waals surface area contributed by atoms with E-state index in [0.29, 0.717) is 5.58 Å².